The van der Waals surface area contributed by atoms with Crippen LogP contribution in [0.4, 0.5) is 5.69 Å². The van der Waals surface area contributed by atoms with Crippen LogP contribution in [0.15, 0.2) is 24.3 Å². The Hall–Kier alpha value is -1.53. The van der Waals surface area contributed by atoms with E-state index >= 15 is 0 Å². The lowest BCUT2D eigenvalue weighted by Crippen LogP contribution is -2.29. The van der Waals surface area contributed by atoms with E-state index in [1.165, 1.54) is 0 Å². The summed E-state index contributed by atoms with van der Waals surface area (Å²) >= 11 is 0. The molecule has 3 nitrogen and oxygen atoms in total. The molecule has 0 amide bonds. The molecule has 0 aliphatic rings. The first kappa shape index (κ1) is 10.6. The number of aliphatic hydroxyl groups is 1. The van der Waals surface area contributed by atoms with E-state index in [2.05, 4.69) is 5.32 Å². The van der Waals surface area contributed by atoms with Gasteiger partial charge in [-0.15, -0.1) is 0 Å². The molecule has 0 atom stereocenters. The van der Waals surface area contributed by atoms with Crippen LogP contribution in [0, 0.1) is 11.3 Å². The van der Waals surface area contributed by atoms with Crippen LogP contribution < -0.4 is 5.32 Å². The minimum Gasteiger partial charge on any atom is -0.389 e. The van der Waals surface area contributed by atoms with E-state index < -0.39 is 5.60 Å². The van der Waals surface area contributed by atoms with Crippen LogP contribution in [0.25, 0.3) is 0 Å². The number of anilines is 1. The van der Waals surface area contributed by atoms with Crippen molar-refractivity contribution in [1.29, 1.82) is 5.26 Å². The molecule has 3 heteroatoms. The van der Waals surface area contributed by atoms with Crippen molar-refractivity contribution in [2.75, 3.05) is 11.9 Å². The number of hydrogen-bond donors (Lipinski definition) is 2. The van der Waals surface area contributed by atoms with Crippen LogP contribution in [0.3, 0.4) is 0 Å². The van der Waals surface area contributed by atoms with Gasteiger partial charge in [0, 0.05) is 12.2 Å². The molecular weight excluding hydrogens is 176 g/mol. The summed E-state index contributed by atoms with van der Waals surface area (Å²) in [4.78, 5) is 0. The van der Waals surface area contributed by atoms with Gasteiger partial charge in [0.2, 0.25) is 0 Å². The molecule has 0 bridgehead atoms. The summed E-state index contributed by atoms with van der Waals surface area (Å²) in [6, 6.07) is 9.18. The van der Waals surface area contributed by atoms with Crippen LogP contribution in [0.1, 0.15) is 19.4 Å². The molecule has 0 spiro atoms. The third-order valence-electron chi connectivity index (χ3n) is 1.74. The summed E-state index contributed by atoms with van der Waals surface area (Å²) in [5, 5.41) is 21.1. The first-order valence-corrected chi connectivity index (χ1v) is 4.48. The molecular formula is C11H14N2O. The van der Waals surface area contributed by atoms with Crippen molar-refractivity contribution in [3.05, 3.63) is 29.8 Å². The number of benzene rings is 1. The Balaban J connectivity index is 2.58. The standard InChI is InChI=1S/C11H14N2O/c1-11(2,14)8-13-10-5-3-9(7-12)4-6-10/h3-6,13-14H,8H2,1-2H3. The predicted molar refractivity (Wildman–Crippen MR) is 55.9 cm³/mol. The van der Waals surface area contributed by atoms with Crippen LogP contribution in [0.5, 0.6) is 0 Å². The maximum Gasteiger partial charge on any atom is 0.0991 e. The average molecular weight is 190 g/mol. The molecule has 74 valence electrons. The van der Waals surface area contributed by atoms with Crippen LogP contribution in [-0.4, -0.2) is 17.3 Å². The molecule has 0 radical (unpaired) electrons. The van der Waals surface area contributed by atoms with Gasteiger partial charge in [-0.1, -0.05) is 0 Å². The zero-order valence-corrected chi connectivity index (χ0v) is 8.41. The SMILES string of the molecule is CC(C)(O)CNc1ccc(C#N)cc1. The molecule has 0 saturated carbocycles. The molecule has 1 rings (SSSR count). The Labute approximate surface area is 84.0 Å². The Kier molecular flexibility index (Phi) is 3.10. The lowest BCUT2D eigenvalue weighted by molar-refractivity contribution is 0.0945. The summed E-state index contributed by atoms with van der Waals surface area (Å²) in [6.07, 6.45) is 0. The van der Waals surface area contributed by atoms with E-state index in [4.69, 9.17) is 5.26 Å². The Bertz CT molecular complexity index is 330. The third kappa shape index (κ3) is 3.46. The first-order valence-electron chi connectivity index (χ1n) is 4.48. The second-order valence-electron chi connectivity index (χ2n) is 3.86. The van der Waals surface area contributed by atoms with Crippen molar-refractivity contribution in [2.45, 2.75) is 19.4 Å². The Morgan fingerprint density at radius 3 is 2.36 bits per heavy atom. The summed E-state index contributed by atoms with van der Waals surface area (Å²) < 4.78 is 0. The molecule has 0 unspecified atom stereocenters. The number of nitrogens with one attached hydrogen (secondary N) is 1. The van der Waals surface area contributed by atoms with E-state index in [0.717, 1.165) is 5.69 Å². The van der Waals surface area contributed by atoms with Gasteiger partial charge in [-0.25, -0.2) is 0 Å². The van der Waals surface area contributed by atoms with E-state index in [0.29, 0.717) is 12.1 Å². The number of hydrogen-bond acceptors (Lipinski definition) is 3. The molecule has 2 N–H and O–H groups in total. The largest absolute Gasteiger partial charge is 0.389 e. The number of nitrogens with zero attached hydrogens (tertiary/aromatic N) is 1. The fourth-order valence-electron chi connectivity index (χ4n) is 0.981. The maximum atomic E-state index is 9.46. The normalized spacial score (nSPS) is 10.7. The van der Waals surface area contributed by atoms with E-state index in [9.17, 15) is 5.11 Å². The molecule has 1 aromatic rings. The molecule has 0 saturated heterocycles. The van der Waals surface area contributed by atoms with Crippen LogP contribution >= 0.6 is 0 Å². The van der Waals surface area contributed by atoms with Gasteiger partial charge >= 0.3 is 0 Å². The molecule has 0 aliphatic carbocycles. The lowest BCUT2D eigenvalue weighted by Gasteiger charge is -2.18. The molecule has 1 aromatic carbocycles. The van der Waals surface area contributed by atoms with Gasteiger partial charge in [0.05, 0.1) is 17.2 Å². The van der Waals surface area contributed by atoms with Gasteiger partial charge < -0.3 is 10.4 Å². The minimum atomic E-state index is -0.728. The topological polar surface area (TPSA) is 56.0 Å². The second-order valence-corrected chi connectivity index (χ2v) is 3.86. The summed E-state index contributed by atoms with van der Waals surface area (Å²) in [6.45, 7) is 3.96. The van der Waals surface area contributed by atoms with Crippen molar-refractivity contribution >= 4 is 5.69 Å². The van der Waals surface area contributed by atoms with Crippen molar-refractivity contribution in [1.82, 2.24) is 0 Å². The highest BCUT2D eigenvalue weighted by molar-refractivity contribution is 5.47. The van der Waals surface area contributed by atoms with E-state index in [1.54, 1.807) is 26.0 Å². The molecule has 14 heavy (non-hydrogen) atoms. The molecule has 0 heterocycles. The van der Waals surface area contributed by atoms with Gasteiger partial charge in [0.25, 0.3) is 0 Å². The summed E-state index contributed by atoms with van der Waals surface area (Å²) in [5.74, 6) is 0. The predicted octanol–water partition coefficient (Wildman–Crippen LogP) is 1.74. The minimum absolute atomic E-state index is 0.485. The van der Waals surface area contributed by atoms with E-state index in [-0.39, 0.29) is 0 Å². The highest BCUT2D eigenvalue weighted by Crippen LogP contribution is 2.10. The van der Waals surface area contributed by atoms with Crippen LogP contribution in [0.2, 0.25) is 0 Å². The quantitative estimate of drug-likeness (QED) is 0.763. The first-order chi connectivity index (χ1) is 6.51. The van der Waals surface area contributed by atoms with Crippen molar-refractivity contribution in [3.8, 4) is 6.07 Å². The van der Waals surface area contributed by atoms with Gasteiger partial charge in [0.1, 0.15) is 0 Å². The Morgan fingerprint density at radius 2 is 1.93 bits per heavy atom. The van der Waals surface area contributed by atoms with Crippen molar-refractivity contribution in [3.63, 3.8) is 0 Å². The van der Waals surface area contributed by atoms with Crippen molar-refractivity contribution < 1.29 is 5.11 Å². The average Bonchev–Trinajstić information content (AvgIpc) is 2.14. The monoisotopic (exact) mass is 190 g/mol. The highest BCUT2D eigenvalue weighted by atomic mass is 16.3. The van der Waals surface area contributed by atoms with Crippen molar-refractivity contribution in [2.24, 2.45) is 0 Å². The third-order valence-corrected chi connectivity index (χ3v) is 1.74. The lowest BCUT2D eigenvalue weighted by atomic mass is 10.1. The zero-order valence-electron chi connectivity index (χ0n) is 8.41. The number of nitriles is 1. The summed E-state index contributed by atoms with van der Waals surface area (Å²) in [7, 11) is 0. The smallest absolute Gasteiger partial charge is 0.0991 e. The van der Waals surface area contributed by atoms with Gasteiger partial charge in [0.15, 0.2) is 0 Å². The fraction of sp³-hybridized carbons (Fsp3) is 0.364. The molecule has 0 aliphatic heterocycles. The van der Waals surface area contributed by atoms with E-state index in [1.807, 2.05) is 18.2 Å². The Morgan fingerprint density at radius 1 is 1.36 bits per heavy atom. The van der Waals surface area contributed by atoms with Gasteiger partial charge in [-0.3, -0.25) is 0 Å². The molecule has 0 aromatic heterocycles. The second kappa shape index (κ2) is 4.12. The maximum absolute atomic E-state index is 9.46. The van der Waals surface area contributed by atoms with Crippen LogP contribution in [-0.2, 0) is 0 Å². The molecule has 0 fully saturated rings. The zero-order chi connectivity index (χ0) is 10.6. The highest BCUT2D eigenvalue weighted by Gasteiger charge is 2.11. The van der Waals surface area contributed by atoms with Gasteiger partial charge in [-0.05, 0) is 38.1 Å². The number of rotatable bonds is 3. The fourth-order valence-corrected chi connectivity index (χ4v) is 0.981. The summed E-state index contributed by atoms with van der Waals surface area (Å²) in [5.41, 5.74) is 0.818. The van der Waals surface area contributed by atoms with Gasteiger partial charge in [-0.2, -0.15) is 5.26 Å².